The molecule has 2 rings (SSSR count). The second kappa shape index (κ2) is 8.52. The highest BCUT2D eigenvalue weighted by Gasteiger charge is 2.22. The van der Waals surface area contributed by atoms with Gasteiger partial charge in [-0.1, -0.05) is 24.6 Å². The number of carbonyl (C=O) groups excluding carboxylic acids is 1. The van der Waals surface area contributed by atoms with E-state index in [1.54, 1.807) is 4.90 Å². The third kappa shape index (κ3) is 5.37. The summed E-state index contributed by atoms with van der Waals surface area (Å²) >= 11 is 6.26. The molecule has 0 bridgehead atoms. The summed E-state index contributed by atoms with van der Waals surface area (Å²) in [6.07, 6.45) is 0.417. The number of nitrogens with zero attached hydrogens (tertiary/aromatic N) is 2. The Morgan fingerprint density at radius 2 is 2.17 bits per heavy atom. The number of amides is 1. The summed E-state index contributed by atoms with van der Waals surface area (Å²) in [5, 5.41) is 10.7. The zero-order chi connectivity index (χ0) is 16.8. The van der Waals surface area contributed by atoms with Gasteiger partial charge >= 0.3 is 0 Å². The van der Waals surface area contributed by atoms with Crippen LogP contribution in [-0.4, -0.2) is 59.7 Å². The fraction of sp³-hybridized carbons (Fsp3) is 0.588. The van der Waals surface area contributed by atoms with Crippen LogP contribution in [0.1, 0.15) is 25.8 Å². The Kier molecular flexibility index (Phi) is 6.69. The molecule has 0 aromatic heterocycles. The predicted molar refractivity (Wildman–Crippen MR) is 90.8 cm³/mol. The molecule has 5 nitrogen and oxygen atoms in total. The van der Waals surface area contributed by atoms with E-state index in [4.69, 9.17) is 16.3 Å². The van der Waals surface area contributed by atoms with E-state index in [9.17, 15) is 9.90 Å². The lowest BCUT2D eigenvalue weighted by atomic mass is 10.2. The van der Waals surface area contributed by atoms with Crippen molar-refractivity contribution in [3.63, 3.8) is 0 Å². The number of carbonyl (C=O) groups is 1. The first-order chi connectivity index (χ1) is 11.0. The molecular formula is C17H25ClN2O3. The minimum atomic E-state index is -0.524. The van der Waals surface area contributed by atoms with Gasteiger partial charge in [0, 0.05) is 39.6 Å². The van der Waals surface area contributed by atoms with Gasteiger partial charge in [-0.05, 0) is 24.1 Å². The Morgan fingerprint density at radius 3 is 2.83 bits per heavy atom. The second-order valence-electron chi connectivity index (χ2n) is 5.97. The van der Waals surface area contributed by atoms with Crippen LogP contribution in [0.25, 0.3) is 0 Å². The molecule has 1 atom stereocenters. The molecule has 1 heterocycles. The van der Waals surface area contributed by atoms with E-state index in [1.807, 2.05) is 18.2 Å². The summed E-state index contributed by atoms with van der Waals surface area (Å²) < 4.78 is 5.58. The van der Waals surface area contributed by atoms with Crippen molar-refractivity contribution in [1.29, 1.82) is 0 Å². The summed E-state index contributed by atoms with van der Waals surface area (Å²) in [5.41, 5.74) is 1.07. The molecule has 0 aliphatic carbocycles. The van der Waals surface area contributed by atoms with Crippen LogP contribution in [0.5, 0.6) is 5.75 Å². The quantitative estimate of drug-likeness (QED) is 0.892. The van der Waals surface area contributed by atoms with E-state index in [0.29, 0.717) is 43.6 Å². The summed E-state index contributed by atoms with van der Waals surface area (Å²) in [4.78, 5) is 15.3. The highest BCUT2D eigenvalue weighted by Crippen LogP contribution is 2.26. The molecule has 0 radical (unpaired) electrons. The van der Waals surface area contributed by atoms with Gasteiger partial charge in [0.05, 0.1) is 17.7 Å². The first-order valence-electron chi connectivity index (χ1n) is 8.06. The standard InChI is InChI=1S/C17H25ClN2O3/c1-3-8-23-17-5-4-14(9-16(17)18)10-19-6-7-20(13(2)21)12-15(22)11-19/h4-5,9,15,22H,3,6-8,10-12H2,1-2H3/t15-/m1/s1. The van der Waals surface area contributed by atoms with Gasteiger partial charge in [0.1, 0.15) is 5.75 Å². The van der Waals surface area contributed by atoms with E-state index >= 15 is 0 Å². The second-order valence-corrected chi connectivity index (χ2v) is 6.37. The zero-order valence-electron chi connectivity index (χ0n) is 13.8. The van der Waals surface area contributed by atoms with Gasteiger partial charge in [0.15, 0.2) is 0 Å². The van der Waals surface area contributed by atoms with Crippen LogP contribution in [0.2, 0.25) is 5.02 Å². The maximum absolute atomic E-state index is 11.5. The van der Waals surface area contributed by atoms with Crippen LogP contribution in [0.3, 0.4) is 0 Å². The molecule has 1 aromatic carbocycles. The van der Waals surface area contributed by atoms with Gasteiger partial charge < -0.3 is 14.7 Å². The van der Waals surface area contributed by atoms with Crippen LogP contribution in [0.15, 0.2) is 18.2 Å². The molecule has 128 valence electrons. The van der Waals surface area contributed by atoms with Gasteiger partial charge in [0.2, 0.25) is 5.91 Å². The number of β-amino-alcohol motifs (C(OH)–C–C–N with tert-alkyl or cyclic N) is 1. The van der Waals surface area contributed by atoms with E-state index < -0.39 is 6.10 Å². The molecule has 1 N–H and O–H groups in total. The lowest BCUT2D eigenvalue weighted by Crippen LogP contribution is -2.36. The topological polar surface area (TPSA) is 53.0 Å². The van der Waals surface area contributed by atoms with Crippen molar-refractivity contribution in [3.8, 4) is 5.75 Å². The highest BCUT2D eigenvalue weighted by atomic mass is 35.5. The van der Waals surface area contributed by atoms with Gasteiger partial charge in [-0.25, -0.2) is 0 Å². The van der Waals surface area contributed by atoms with Crippen LogP contribution < -0.4 is 4.74 Å². The van der Waals surface area contributed by atoms with Crippen molar-refractivity contribution in [2.45, 2.75) is 32.9 Å². The zero-order valence-corrected chi connectivity index (χ0v) is 14.6. The van der Waals surface area contributed by atoms with Gasteiger partial charge in [-0.3, -0.25) is 9.69 Å². The van der Waals surface area contributed by atoms with Crippen molar-refractivity contribution < 1.29 is 14.6 Å². The number of aliphatic hydroxyl groups excluding tert-OH is 1. The molecule has 1 fully saturated rings. The maximum Gasteiger partial charge on any atom is 0.219 e. The third-order valence-electron chi connectivity index (χ3n) is 3.90. The summed E-state index contributed by atoms with van der Waals surface area (Å²) in [5.74, 6) is 0.710. The Balaban J connectivity index is 1.98. The average molecular weight is 341 g/mol. The number of hydrogen-bond donors (Lipinski definition) is 1. The van der Waals surface area contributed by atoms with Crippen molar-refractivity contribution in [2.75, 3.05) is 32.8 Å². The minimum absolute atomic E-state index is 0.00590. The number of hydrogen-bond acceptors (Lipinski definition) is 4. The summed E-state index contributed by atoms with van der Waals surface area (Å²) in [6.45, 7) is 7.26. The number of rotatable bonds is 5. The maximum atomic E-state index is 11.5. The number of benzene rings is 1. The monoisotopic (exact) mass is 340 g/mol. The van der Waals surface area contributed by atoms with E-state index in [0.717, 1.165) is 18.5 Å². The first kappa shape index (κ1) is 18.0. The predicted octanol–water partition coefficient (Wildman–Crippen LogP) is 2.15. The number of halogens is 1. The fourth-order valence-electron chi connectivity index (χ4n) is 2.71. The van der Waals surface area contributed by atoms with E-state index in [2.05, 4.69) is 11.8 Å². The first-order valence-corrected chi connectivity index (χ1v) is 8.44. The molecule has 0 unspecified atom stereocenters. The molecule has 1 aliphatic rings. The molecule has 1 saturated heterocycles. The minimum Gasteiger partial charge on any atom is -0.492 e. The van der Waals surface area contributed by atoms with E-state index in [1.165, 1.54) is 6.92 Å². The lowest BCUT2D eigenvalue weighted by molar-refractivity contribution is -0.129. The van der Waals surface area contributed by atoms with Crippen LogP contribution in [0.4, 0.5) is 0 Å². The Labute approximate surface area is 142 Å². The van der Waals surface area contributed by atoms with Gasteiger partial charge in [0.25, 0.3) is 0 Å². The van der Waals surface area contributed by atoms with Crippen molar-refractivity contribution in [1.82, 2.24) is 9.80 Å². The number of aliphatic hydroxyl groups is 1. The number of ether oxygens (including phenoxy) is 1. The molecular weight excluding hydrogens is 316 g/mol. The molecule has 1 aromatic rings. The van der Waals surface area contributed by atoms with E-state index in [-0.39, 0.29) is 5.91 Å². The SMILES string of the molecule is CCCOc1ccc(CN2CCN(C(C)=O)C[C@H](O)C2)cc1Cl. The van der Waals surface area contributed by atoms with Crippen molar-refractivity contribution in [2.24, 2.45) is 0 Å². The molecule has 0 saturated carbocycles. The molecule has 6 heteroatoms. The highest BCUT2D eigenvalue weighted by molar-refractivity contribution is 6.32. The van der Waals surface area contributed by atoms with Gasteiger partial charge in [-0.15, -0.1) is 0 Å². The Morgan fingerprint density at radius 1 is 1.39 bits per heavy atom. The van der Waals surface area contributed by atoms with Gasteiger partial charge in [-0.2, -0.15) is 0 Å². The normalized spacial score (nSPS) is 19.5. The van der Waals surface area contributed by atoms with Crippen LogP contribution >= 0.6 is 11.6 Å². The lowest BCUT2D eigenvalue weighted by Gasteiger charge is -2.21. The Hall–Kier alpha value is -1.30. The summed E-state index contributed by atoms with van der Waals surface area (Å²) in [7, 11) is 0. The van der Waals surface area contributed by atoms with Crippen LogP contribution in [0, 0.1) is 0 Å². The average Bonchev–Trinajstić information content (AvgIpc) is 2.68. The Bertz CT molecular complexity index is 539. The third-order valence-corrected chi connectivity index (χ3v) is 4.19. The van der Waals surface area contributed by atoms with Crippen molar-refractivity contribution in [3.05, 3.63) is 28.8 Å². The molecule has 1 aliphatic heterocycles. The molecule has 23 heavy (non-hydrogen) atoms. The fourth-order valence-corrected chi connectivity index (χ4v) is 2.97. The van der Waals surface area contributed by atoms with Crippen LogP contribution in [-0.2, 0) is 11.3 Å². The molecule has 0 spiro atoms. The molecule has 1 amide bonds. The summed E-state index contributed by atoms with van der Waals surface area (Å²) in [6, 6.07) is 5.80. The largest absolute Gasteiger partial charge is 0.492 e. The smallest absolute Gasteiger partial charge is 0.219 e. The van der Waals surface area contributed by atoms with Crippen molar-refractivity contribution >= 4 is 17.5 Å².